The average molecular weight is 480 g/mol. The van der Waals surface area contributed by atoms with E-state index in [-0.39, 0.29) is 5.57 Å². The molecule has 0 aliphatic carbocycles. The summed E-state index contributed by atoms with van der Waals surface area (Å²) < 4.78 is 6.44. The molecule has 1 aliphatic rings. The highest BCUT2D eigenvalue weighted by molar-refractivity contribution is 9.10. The van der Waals surface area contributed by atoms with Gasteiger partial charge in [0, 0.05) is 20.2 Å². The first-order valence-corrected chi connectivity index (χ1v) is 10.2. The number of para-hydroxylation sites is 2. The Labute approximate surface area is 187 Å². The maximum Gasteiger partial charge on any atom is 0.343 e. The first-order chi connectivity index (χ1) is 14.9. The Morgan fingerprint density at radius 3 is 1.74 bits per heavy atom. The van der Waals surface area contributed by atoms with Gasteiger partial charge < -0.3 is 9.32 Å². The Bertz CT molecular complexity index is 1120. The lowest BCUT2D eigenvalue weighted by Crippen LogP contribution is -2.57. The molecule has 0 atom stereocenters. The first kappa shape index (κ1) is 20.6. The SMILES string of the molecule is CN(C)c1oc(C=C2C(=O)N(c3ccccc3)C(=O)N(c3ccccc3)C2=O)cc1Br. The molecular formula is C23H18BrN3O4. The third-order valence-corrected chi connectivity index (χ3v) is 5.23. The predicted molar refractivity (Wildman–Crippen MR) is 122 cm³/mol. The van der Waals surface area contributed by atoms with Gasteiger partial charge in [-0.3, -0.25) is 9.59 Å². The van der Waals surface area contributed by atoms with Crippen molar-refractivity contribution in [3.05, 3.63) is 82.5 Å². The second kappa shape index (κ2) is 8.23. The Morgan fingerprint density at radius 1 is 0.839 bits per heavy atom. The molecule has 0 N–H and O–H groups in total. The molecule has 1 aromatic heterocycles. The molecule has 2 aromatic carbocycles. The van der Waals surface area contributed by atoms with E-state index in [1.54, 1.807) is 71.6 Å². The summed E-state index contributed by atoms with van der Waals surface area (Å²) in [5.41, 5.74) is 0.553. The lowest BCUT2D eigenvalue weighted by atomic mass is 10.1. The summed E-state index contributed by atoms with van der Waals surface area (Å²) in [4.78, 5) is 43.5. The topological polar surface area (TPSA) is 74.1 Å². The lowest BCUT2D eigenvalue weighted by Gasteiger charge is -2.33. The van der Waals surface area contributed by atoms with Gasteiger partial charge in [-0.1, -0.05) is 36.4 Å². The van der Waals surface area contributed by atoms with Gasteiger partial charge in [-0.15, -0.1) is 0 Å². The number of barbiturate groups is 1. The summed E-state index contributed by atoms with van der Waals surface area (Å²) in [6.07, 6.45) is 1.36. The fourth-order valence-corrected chi connectivity index (χ4v) is 3.90. The summed E-state index contributed by atoms with van der Waals surface area (Å²) in [5, 5.41) is 0. The number of carbonyl (C=O) groups is 3. The Balaban J connectivity index is 1.85. The Hall–Kier alpha value is -3.65. The van der Waals surface area contributed by atoms with Crippen LogP contribution in [0.4, 0.5) is 22.1 Å². The molecule has 1 fully saturated rings. The van der Waals surface area contributed by atoms with Gasteiger partial charge in [-0.2, -0.15) is 0 Å². The van der Waals surface area contributed by atoms with Crippen LogP contribution in [0.3, 0.4) is 0 Å². The number of urea groups is 1. The molecular weight excluding hydrogens is 462 g/mol. The van der Waals surface area contributed by atoms with Gasteiger partial charge in [0.05, 0.1) is 15.8 Å². The maximum absolute atomic E-state index is 13.3. The van der Waals surface area contributed by atoms with Gasteiger partial charge in [-0.05, 0) is 46.3 Å². The van der Waals surface area contributed by atoms with Gasteiger partial charge in [0.25, 0.3) is 11.8 Å². The summed E-state index contributed by atoms with van der Waals surface area (Å²) in [6.45, 7) is 0. The monoisotopic (exact) mass is 479 g/mol. The number of nitrogens with zero attached hydrogens (tertiary/aromatic N) is 3. The van der Waals surface area contributed by atoms with Gasteiger partial charge in [-0.25, -0.2) is 14.6 Å². The first-order valence-electron chi connectivity index (χ1n) is 9.40. The Kier molecular flexibility index (Phi) is 5.48. The average Bonchev–Trinajstić information content (AvgIpc) is 3.13. The number of amides is 4. The van der Waals surface area contributed by atoms with Crippen LogP contribution in [0.5, 0.6) is 0 Å². The van der Waals surface area contributed by atoms with E-state index in [4.69, 9.17) is 4.42 Å². The minimum Gasteiger partial charge on any atom is -0.440 e. The molecule has 156 valence electrons. The van der Waals surface area contributed by atoms with E-state index >= 15 is 0 Å². The molecule has 1 saturated heterocycles. The van der Waals surface area contributed by atoms with E-state index in [1.807, 2.05) is 14.1 Å². The molecule has 31 heavy (non-hydrogen) atoms. The number of carbonyl (C=O) groups excluding carboxylic acids is 3. The van der Waals surface area contributed by atoms with Crippen molar-refractivity contribution in [2.45, 2.75) is 0 Å². The number of hydrogen-bond acceptors (Lipinski definition) is 5. The quantitative estimate of drug-likeness (QED) is 0.400. The fraction of sp³-hybridized carbons (Fsp3) is 0.0870. The van der Waals surface area contributed by atoms with Crippen LogP contribution in [-0.4, -0.2) is 31.9 Å². The zero-order valence-corrected chi connectivity index (χ0v) is 18.4. The minimum atomic E-state index is -0.737. The van der Waals surface area contributed by atoms with E-state index in [9.17, 15) is 14.4 Å². The Morgan fingerprint density at radius 2 is 1.32 bits per heavy atom. The number of hydrogen-bond donors (Lipinski definition) is 0. The molecule has 2 heterocycles. The van der Waals surface area contributed by atoms with Crippen molar-refractivity contribution in [2.75, 3.05) is 28.8 Å². The van der Waals surface area contributed by atoms with E-state index < -0.39 is 17.8 Å². The van der Waals surface area contributed by atoms with Crippen LogP contribution in [0.1, 0.15) is 5.76 Å². The molecule has 1 aliphatic heterocycles. The molecule has 0 radical (unpaired) electrons. The van der Waals surface area contributed by atoms with Crippen LogP contribution in [0.2, 0.25) is 0 Å². The third-order valence-electron chi connectivity index (χ3n) is 4.66. The summed E-state index contributed by atoms with van der Waals surface area (Å²) in [7, 11) is 3.62. The second-order valence-electron chi connectivity index (χ2n) is 6.99. The van der Waals surface area contributed by atoms with Gasteiger partial charge in [0.1, 0.15) is 11.3 Å². The van der Waals surface area contributed by atoms with Gasteiger partial charge >= 0.3 is 6.03 Å². The van der Waals surface area contributed by atoms with Gasteiger partial charge in [0.15, 0.2) is 0 Å². The molecule has 8 heteroatoms. The molecule has 4 amide bonds. The van der Waals surface area contributed by atoms with Crippen LogP contribution in [-0.2, 0) is 9.59 Å². The van der Waals surface area contributed by atoms with Crippen molar-refractivity contribution >= 4 is 57.1 Å². The van der Waals surface area contributed by atoms with Gasteiger partial charge in [0.2, 0.25) is 5.88 Å². The van der Waals surface area contributed by atoms with Crippen molar-refractivity contribution in [1.82, 2.24) is 0 Å². The van der Waals surface area contributed by atoms with Crippen molar-refractivity contribution in [3.63, 3.8) is 0 Å². The molecule has 7 nitrogen and oxygen atoms in total. The zero-order chi connectivity index (χ0) is 22.1. The number of imide groups is 2. The summed E-state index contributed by atoms with van der Waals surface area (Å²) >= 11 is 3.41. The smallest absolute Gasteiger partial charge is 0.343 e. The van der Waals surface area contributed by atoms with Crippen LogP contribution in [0.25, 0.3) is 6.08 Å². The number of anilines is 3. The zero-order valence-electron chi connectivity index (χ0n) is 16.8. The number of rotatable bonds is 4. The number of halogens is 1. The highest BCUT2D eigenvalue weighted by Gasteiger charge is 2.43. The standard InChI is InChI=1S/C23H18BrN3O4/c1-25(2)22-19(24)14-17(31-22)13-18-20(28)26(15-9-5-3-6-10-15)23(30)27(21(18)29)16-11-7-4-8-12-16/h3-14H,1-2H3. The van der Waals surface area contributed by atoms with E-state index in [0.717, 1.165) is 9.80 Å². The van der Waals surface area contributed by atoms with Crippen LogP contribution >= 0.6 is 15.9 Å². The lowest BCUT2D eigenvalue weighted by molar-refractivity contribution is -0.121. The highest BCUT2D eigenvalue weighted by atomic mass is 79.9. The normalized spacial score (nSPS) is 14.3. The number of benzene rings is 2. The minimum absolute atomic E-state index is 0.182. The van der Waals surface area contributed by atoms with Crippen molar-refractivity contribution in [2.24, 2.45) is 0 Å². The molecule has 0 saturated carbocycles. The van der Waals surface area contributed by atoms with Crippen LogP contribution in [0, 0.1) is 0 Å². The molecule has 0 unspecified atom stereocenters. The van der Waals surface area contributed by atoms with Crippen LogP contribution in [0.15, 0.2) is 81.2 Å². The highest BCUT2D eigenvalue weighted by Crippen LogP contribution is 2.33. The van der Waals surface area contributed by atoms with Crippen molar-refractivity contribution in [1.29, 1.82) is 0 Å². The molecule has 3 aromatic rings. The number of furan rings is 1. The van der Waals surface area contributed by atoms with Crippen LogP contribution < -0.4 is 14.7 Å². The van der Waals surface area contributed by atoms with Crippen molar-refractivity contribution < 1.29 is 18.8 Å². The predicted octanol–water partition coefficient (Wildman–Crippen LogP) is 4.69. The van der Waals surface area contributed by atoms with Crippen molar-refractivity contribution in [3.8, 4) is 0 Å². The third kappa shape index (κ3) is 3.77. The molecule has 0 spiro atoms. The summed E-state index contributed by atoms with van der Waals surface area (Å²) in [6, 6.07) is 17.9. The van der Waals surface area contributed by atoms with E-state index in [0.29, 0.717) is 27.5 Å². The van der Waals surface area contributed by atoms with E-state index in [2.05, 4.69) is 15.9 Å². The summed E-state index contributed by atoms with van der Waals surface area (Å²) in [5.74, 6) is -0.583. The largest absolute Gasteiger partial charge is 0.440 e. The molecule has 0 bridgehead atoms. The fourth-order valence-electron chi connectivity index (χ4n) is 3.23. The maximum atomic E-state index is 13.3. The van der Waals surface area contributed by atoms with E-state index in [1.165, 1.54) is 6.08 Å². The second-order valence-corrected chi connectivity index (χ2v) is 7.84. The molecule has 4 rings (SSSR count).